The molecule has 1 spiro atoms. The van der Waals surface area contributed by atoms with Crippen molar-refractivity contribution in [3.05, 3.63) is 65.7 Å². The van der Waals surface area contributed by atoms with E-state index in [9.17, 15) is 9.59 Å². The highest BCUT2D eigenvalue weighted by Gasteiger charge is 2.51. The highest BCUT2D eigenvalue weighted by atomic mass is 16.5. The van der Waals surface area contributed by atoms with Gasteiger partial charge in [-0.25, -0.2) is 0 Å². The summed E-state index contributed by atoms with van der Waals surface area (Å²) in [5, 5.41) is 3.05. The molecule has 2 aromatic rings. The number of rotatable bonds is 3. The first kappa shape index (κ1) is 18.7. The van der Waals surface area contributed by atoms with Crippen LogP contribution in [0.2, 0.25) is 0 Å². The monoisotopic (exact) mass is 378 g/mol. The normalized spacial score (nSPS) is 20.9. The molecule has 1 N–H and O–H groups in total. The van der Waals surface area contributed by atoms with E-state index in [0.717, 1.165) is 24.1 Å². The Bertz CT molecular complexity index is 859. The van der Waals surface area contributed by atoms with Crippen LogP contribution in [0.3, 0.4) is 0 Å². The predicted octanol–water partition coefficient (Wildman–Crippen LogP) is 3.50. The zero-order valence-corrected chi connectivity index (χ0v) is 16.2. The molecule has 2 aliphatic rings. The van der Waals surface area contributed by atoms with E-state index < -0.39 is 0 Å². The molecule has 2 amide bonds. The number of amides is 2. The number of anilines is 1. The van der Waals surface area contributed by atoms with Gasteiger partial charge in [-0.15, -0.1) is 0 Å². The smallest absolute Gasteiger partial charge is 0.253 e. The molecule has 28 heavy (non-hydrogen) atoms. The lowest BCUT2D eigenvalue weighted by atomic mass is 9.71. The van der Waals surface area contributed by atoms with Crippen LogP contribution >= 0.6 is 0 Å². The molecule has 0 radical (unpaired) electrons. The Morgan fingerprint density at radius 3 is 2.54 bits per heavy atom. The van der Waals surface area contributed by atoms with E-state index in [2.05, 4.69) is 5.32 Å². The quantitative estimate of drug-likeness (QED) is 0.889. The fourth-order valence-electron chi connectivity index (χ4n) is 4.48. The lowest BCUT2D eigenvalue weighted by Gasteiger charge is -2.37. The SMILES string of the molecule is Cc1cccc(C(=O)N2CC(C(=O)Nc3ccccc3)C3(CCOCC3)C2)c1. The van der Waals surface area contributed by atoms with Gasteiger partial charge in [0.15, 0.2) is 0 Å². The molecule has 2 aliphatic heterocycles. The van der Waals surface area contributed by atoms with Gasteiger partial charge in [0.2, 0.25) is 5.91 Å². The topological polar surface area (TPSA) is 58.6 Å². The Morgan fingerprint density at radius 2 is 1.82 bits per heavy atom. The van der Waals surface area contributed by atoms with Crippen LogP contribution in [0.4, 0.5) is 5.69 Å². The number of benzene rings is 2. The van der Waals surface area contributed by atoms with E-state index in [-0.39, 0.29) is 23.1 Å². The van der Waals surface area contributed by atoms with Crippen molar-refractivity contribution in [2.45, 2.75) is 19.8 Å². The first-order valence-electron chi connectivity index (χ1n) is 9.87. The third kappa shape index (κ3) is 3.67. The standard InChI is InChI=1S/C23H26N2O3/c1-17-6-5-7-18(14-17)22(27)25-15-20(23(16-25)10-12-28-13-11-23)21(26)24-19-8-3-2-4-9-19/h2-9,14,20H,10-13,15-16H2,1H3,(H,24,26). The summed E-state index contributed by atoms with van der Waals surface area (Å²) in [6.07, 6.45) is 1.61. The number of nitrogens with zero attached hydrogens (tertiary/aromatic N) is 1. The Kier molecular flexibility index (Phi) is 5.18. The summed E-state index contributed by atoms with van der Waals surface area (Å²) >= 11 is 0. The lowest BCUT2D eigenvalue weighted by Crippen LogP contribution is -2.42. The van der Waals surface area contributed by atoms with Crippen LogP contribution in [0.15, 0.2) is 54.6 Å². The number of aryl methyl sites for hydroxylation is 1. The minimum absolute atomic E-state index is 0.00424. The summed E-state index contributed by atoms with van der Waals surface area (Å²) < 4.78 is 5.56. The summed E-state index contributed by atoms with van der Waals surface area (Å²) in [5.74, 6) is -0.234. The van der Waals surface area contributed by atoms with Crippen LogP contribution in [-0.2, 0) is 9.53 Å². The predicted molar refractivity (Wildman–Crippen MR) is 108 cm³/mol. The zero-order valence-electron chi connectivity index (χ0n) is 16.2. The number of carbonyl (C=O) groups excluding carboxylic acids is 2. The van der Waals surface area contributed by atoms with Gasteiger partial charge in [-0.2, -0.15) is 0 Å². The maximum atomic E-state index is 13.2. The van der Waals surface area contributed by atoms with Crippen LogP contribution in [0.25, 0.3) is 0 Å². The second-order valence-electron chi connectivity index (χ2n) is 7.94. The molecule has 1 unspecified atom stereocenters. The van der Waals surface area contributed by atoms with E-state index >= 15 is 0 Å². The number of carbonyl (C=O) groups is 2. The number of hydrogen-bond acceptors (Lipinski definition) is 3. The van der Waals surface area contributed by atoms with Gasteiger partial charge in [-0.05, 0) is 44.0 Å². The van der Waals surface area contributed by atoms with Crippen molar-refractivity contribution in [2.75, 3.05) is 31.6 Å². The van der Waals surface area contributed by atoms with Crippen LogP contribution in [0.5, 0.6) is 0 Å². The lowest BCUT2D eigenvalue weighted by molar-refractivity contribution is -0.124. The Balaban J connectivity index is 1.57. The van der Waals surface area contributed by atoms with Gasteiger partial charge in [0.25, 0.3) is 5.91 Å². The molecule has 0 aliphatic carbocycles. The molecule has 1 atom stereocenters. The van der Waals surface area contributed by atoms with Gasteiger partial charge >= 0.3 is 0 Å². The molecule has 2 saturated heterocycles. The van der Waals surface area contributed by atoms with Crippen LogP contribution in [0, 0.1) is 18.3 Å². The highest BCUT2D eigenvalue weighted by molar-refractivity contribution is 5.97. The van der Waals surface area contributed by atoms with E-state index in [4.69, 9.17) is 4.74 Å². The Hall–Kier alpha value is -2.66. The molecule has 2 aromatic carbocycles. The summed E-state index contributed by atoms with van der Waals surface area (Å²) in [5.41, 5.74) is 2.32. The molecule has 5 heteroatoms. The molecule has 0 saturated carbocycles. The number of nitrogens with one attached hydrogen (secondary N) is 1. The molecule has 4 rings (SSSR count). The largest absolute Gasteiger partial charge is 0.381 e. The molecule has 5 nitrogen and oxygen atoms in total. The Morgan fingerprint density at radius 1 is 1.07 bits per heavy atom. The van der Waals surface area contributed by atoms with Crippen LogP contribution in [0.1, 0.15) is 28.8 Å². The molecular weight excluding hydrogens is 352 g/mol. The first-order chi connectivity index (χ1) is 13.6. The van der Waals surface area contributed by atoms with Crippen molar-refractivity contribution >= 4 is 17.5 Å². The van der Waals surface area contributed by atoms with Crippen molar-refractivity contribution in [1.29, 1.82) is 0 Å². The van der Waals surface area contributed by atoms with Crippen molar-refractivity contribution < 1.29 is 14.3 Å². The van der Waals surface area contributed by atoms with E-state index in [1.165, 1.54) is 0 Å². The van der Waals surface area contributed by atoms with Crippen LogP contribution in [-0.4, -0.2) is 43.0 Å². The maximum Gasteiger partial charge on any atom is 0.253 e. The number of hydrogen-bond donors (Lipinski definition) is 1. The zero-order chi connectivity index (χ0) is 19.6. The molecular formula is C23H26N2O3. The van der Waals surface area contributed by atoms with Gasteiger partial charge in [-0.3, -0.25) is 9.59 Å². The number of likely N-dealkylation sites (tertiary alicyclic amines) is 1. The molecule has 2 heterocycles. The minimum atomic E-state index is -0.231. The van der Waals surface area contributed by atoms with E-state index in [1.807, 2.05) is 66.4 Å². The van der Waals surface area contributed by atoms with E-state index in [0.29, 0.717) is 31.9 Å². The number of para-hydroxylation sites is 1. The average molecular weight is 378 g/mol. The van der Waals surface area contributed by atoms with Gasteiger partial charge in [0.05, 0.1) is 5.92 Å². The fraction of sp³-hybridized carbons (Fsp3) is 0.391. The summed E-state index contributed by atoms with van der Waals surface area (Å²) in [4.78, 5) is 28.1. The van der Waals surface area contributed by atoms with Gasteiger partial charge < -0.3 is 15.0 Å². The van der Waals surface area contributed by atoms with Crippen molar-refractivity contribution in [3.8, 4) is 0 Å². The van der Waals surface area contributed by atoms with Gasteiger partial charge in [0.1, 0.15) is 0 Å². The summed E-state index contributed by atoms with van der Waals surface area (Å²) in [6, 6.07) is 17.2. The van der Waals surface area contributed by atoms with Crippen LogP contribution < -0.4 is 5.32 Å². The summed E-state index contributed by atoms with van der Waals surface area (Å²) in [7, 11) is 0. The number of ether oxygens (including phenoxy) is 1. The second kappa shape index (κ2) is 7.76. The Labute approximate surface area is 165 Å². The summed E-state index contributed by atoms with van der Waals surface area (Å²) in [6.45, 7) is 4.32. The third-order valence-electron chi connectivity index (χ3n) is 6.05. The highest BCUT2D eigenvalue weighted by Crippen LogP contribution is 2.45. The van der Waals surface area contributed by atoms with Gasteiger partial charge in [0, 0.05) is 43.0 Å². The first-order valence-corrected chi connectivity index (χ1v) is 9.87. The van der Waals surface area contributed by atoms with Crippen molar-refractivity contribution in [3.63, 3.8) is 0 Å². The van der Waals surface area contributed by atoms with Gasteiger partial charge in [-0.1, -0.05) is 35.9 Å². The van der Waals surface area contributed by atoms with E-state index in [1.54, 1.807) is 0 Å². The molecule has 0 bridgehead atoms. The minimum Gasteiger partial charge on any atom is -0.381 e. The third-order valence-corrected chi connectivity index (χ3v) is 6.05. The fourth-order valence-corrected chi connectivity index (χ4v) is 4.48. The van der Waals surface area contributed by atoms with Crippen molar-refractivity contribution in [2.24, 2.45) is 11.3 Å². The van der Waals surface area contributed by atoms with Crippen molar-refractivity contribution in [1.82, 2.24) is 4.90 Å². The molecule has 146 valence electrons. The molecule has 0 aromatic heterocycles. The average Bonchev–Trinajstić information content (AvgIpc) is 3.07. The molecule has 2 fully saturated rings. The maximum absolute atomic E-state index is 13.2. The second-order valence-corrected chi connectivity index (χ2v) is 7.94.